The normalized spacial score (nSPS) is 22.2. The van der Waals surface area contributed by atoms with Crippen molar-refractivity contribution in [1.29, 1.82) is 0 Å². The van der Waals surface area contributed by atoms with Crippen LogP contribution in [0.4, 0.5) is 4.39 Å². The Bertz CT molecular complexity index is 442. The Morgan fingerprint density at radius 3 is 2.68 bits per heavy atom. The van der Waals surface area contributed by atoms with E-state index in [2.05, 4.69) is 10.2 Å². The predicted molar refractivity (Wildman–Crippen MR) is 72.9 cm³/mol. The largest absolute Gasteiger partial charge is 0.496 e. The van der Waals surface area contributed by atoms with Crippen molar-refractivity contribution in [3.05, 3.63) is 29.6 Å². The molecule has 104 valence electrons. The quantitative estimate of drug-likeness (QED) is 0.902. The summed E-state index contributed by atoms with van der Waals surface area (Å²) in [4.78, 5) is 2.41. The molecule has 1 aliphatic carbocycles. The third-order valence-corrected chi connectivity index (χ3v) is 4.14. The van der Waals surface area contributed by atoms with Gasteiger partial charge in [-0.2, -0.15) is 0 Å². The Balaban J connectivity index is 1.95. The summed E-state index contributed by atoms with van der Waals surface area (Å²) in [5.74, 6) is 1.15. The van der Waals surface area contributed by atoms with Crippen LogP contribution in [0.5, 0.6) is 5.75 Å². The van der Waals surface area contributed by atoms with Gasteiger partial charge >= 0.3 is 0 Å². The molecule has 0 aromatic heterocycles. The SMILES string of the molecule is COc1cccc(F)c1[C@@H](C1CC1)N1CCNCC1. The zero-order valence-electron chi connectivity index (χ0n) is 11.4. The number of methoxy groups -OCH3 is 1. The molecule has 1 heterocycles. The average molecular weight is 264 g/mol. The zero-order chi connectivity index (χ0) is 13.2. The number of halogens is 1. The Morgan fingerprint density at radius 1 is 1.32 bits per heavy atom. The van der Waals surface area contributed by atoms with Crippen LogP contribution in [0.3, 0.4) is 0 Å². The second-order valence-corrected chi connectivity index (χ2v) is 5.42. The van der Waals surface area contributed by atoms with Gasteiger partial charge in [0.15, 0.2) is 0 Å². The van der Waals surface area contributed by atoms with E-state index in [4.69, 9.17) is 4.74 Å². The maximum Gasteiger partial charge on any atom is 0.131 e. The van der Waals surface area contributed by atoms with Gasteiger partial charge in [0.2, 0.25) is 0 Å². The van der Waals surface area contributed by atoms with Crippen LogP contribution in [0, 0.1) is 11.7 Å². The van der Waals surface area contributed by atoms with Gasteiger partial charge < -0.3 is 10.1 Å². The summed E-state index contributed by atoms with van der Waals surface area (Å²) < 4.78 is 19.7. The minimum Gasteiger partial charge on any atom is -0.496 e. The van der Waals surface area contributed by atoms with Crippen molar-refractivity contribution in [1.82, 2.24) is 10.2 Å². The zero-order valence-corrected chi connectivity index (χ0v) is 11.4. The maximum atomic E-state index is 14.3. The van der Waals surface area contributed by atoms with E-state index in [1.807, 2.05) is 6.07 Å². The highest BCUT2D eigenvalue weighted by atomic mass is 19.1. The van der Waals surface area contributed by atoms with Gasteiger partial charge in [0, 0.05) is 37.8 Å². The number of rotatable bonds is 4. The highest BCUT2D eigenvalue weighted by molar-refractivity contribution is 5.38. The number of nitrogens with zero attached hydrogens (tertiary/aromatic N) is 1. The predicted octanol–water partition coefficient (Wildman–Crippen LogP) is 2.19. The molecule has 1 saturated carbocycles. The van der Waals surface area contributed by atoms with E-state index in [1.165, 1.54) is 12.8 Å². The highest BCUT2D eigenvalue weighted by Crippen LogP contribution is 2.47. The van der Waals surface area contributed by atoms with Crippen molar-refractivity contribution < 1.29 is 9.13 Å². The highest BCUT2D eigenvalue weighted by Gasteiger charge is 2.39. The third kappa shape index (κ3) is 2.60. The molecular formula is C15H21FN2O. The summed E-state index contributed by atoms with van der Waals surface area (Å²) in [5, 5.41) is 3.36. The second kappa shape index (κ2) is 5.47. The molecule has 1 aromatic carbocycles. The van der Waals surface area contributed by atoms with Crippen LogP contribution in [-0.4, -0.2) is 38.2 Å². The molecule has 0 unspecified atom stereocenters. The molecule has 0 bridgehead atoms. The maximum absolute atomic E-state index is 14.3. The number of nitrogens with one attached hydrogen (secondary N) is 1. The summed E-state index contributed by atoms with van der Waals surface area (Å²) >= 11 is 0. The summed E-state index contributed by atoms with van der Waals surface area (Å²) in [7, 11) is 1.62. The van der Waals surface area contributed by atoms with Crippen molar-refractivity contribution >= 4 is 0 Å². The van der Waals surface area contributed by atoms with Gasteiger partial charge in [-0.1, -0.05) is 6.07 Å². The fourth-order valence-corrected chi connectivity index (χ4v) is 3.07. The molecule has 3 nitrogen and oxygen atoms in total. The molecule has 0 amide bonds. The molecule has 1 atom stereocenters. The molecule has 3 rings (SSSR count). The molecule has 0 spiro atoms. The Kier molecular flexibility index (Phi) is 3.71. The van der Waals surface area contributed by atoms with Crippen LogP contribution in [-0.2, 0) is 0 Å². The minimum absolute atomic E-state index is 0.130. The van der Waals surface area contributed by atoms with E-state index in [-0.39, 0.29) is 11.9 Å². The van der Waals surface area contributed by atoms with Gasteiger partial charge in [0.05, 0.1) is 7.11 Å². The molecule has 0 radical (unpaired) electrons. The van der Waals surface area contributed by atoms with Gasteiger partial charge in [-0.3, -0.25) is 4.90 Å². The lowest BCUT2D eigenvalue weighted by Gasteiger charge is -2.36. The van der Waals surface area contributed by atoms with E-state index in [9.17, 15) is 4.39 Å². The van der Waals surface area contributed by atoms with Crippen LogP contribution in [0.1, 0.15) is 24.4 Å². The van der Waals surface area contributed by atoms with Gasteiger partial charge in [-0.05, 0) is 30.9 Å². The van der Waals surface area contributed by atoms with Gasteiger partial charge in [-0.25, -0.2) is 4.39 Å². The van der Waals surface area contributed by atoms with E-state index in [1.54, 1.807) is 19.2 Å². The summed E-state index contributed by atoms with van der Waals surface area (Å²) in [6, 6.07) is 5.32. The lowest BCUT2D eigenvalue weighted by Crippen LogP contribution is -2.46. The number of piperazine rings is 1. The van der Waals surface area contributed by atoms with Crippen LogP contribution in [0.2, 0.25) is 0 Å². The van der Waals surface area contributed by atoms with Crippen molar-refractivity contribution in [3.8, 4) is 5.75 Å². The smallest absolute Gasteiger partial charge is 0.131 e. The first kappa shape index (κ1) is 12.9. The molecule has 2 fully saturated rings. The molecule has 4 heteroatoms. The van der Waals surface area contributed by atoms with Crippen molar-refractivity contribution in [2.24, 2.45) is 5.92 Å². The van der Waals surface area contributed by atoms with Gasteiger partial charge in [0.25, 0.3) is 0 Å². The second-order valence-electron chi connectivity index (χ2n) is 5.42. The molecule has 1 saturated heterocycles. The molecule has 1 N–H and O–H groups in total. The summed E-state index contributed by atoms with van der Waals surface area (Å²) in [5.41, 5.74) is 0.759. The van der Waals surface area contributed by atoms with Crippen molar-refractivity contribution in [3.63, 3.8) is 0 Å². The summed E-state index contributed by atoms with van der Waals surface area (Å²) in [6.45, 7) is 3.94. The van der Waals surface area contributed by atoms with Crippen LogP contribution >= 0.6 is 0 Å². The van der Waals surface area contributed by atoms with Crippen molar-refractivity contribution in [2.45, 2.75) is 18.9 Å². The number of benzene rings is 1. The topological polar surface area (TPSA) is 24.5 Å². The number of hydrogen-bond donors (Lipinski definition) is 1. The average Bonchev–Trinajstić information content (AvgIpc) is 3.27. The van der Waals surface area contributed by atoms with E-state index in [0.717, 1.165) is 31.7 Å². The van der Waals surface area contributed by atoms with Crippen LogP contribution < -0.4 is 10.1 Å². The van der Waals surface area contributed by atoms with E-state index < -0.39 is 0 Å². The van der Waals surface area contributed by atoms with E-state index >= 15 is 0 Å². The van der Waals surface area contributed by atoms with Crippen LogP contribution in [0.25, 0.3) is 0 Å². The molecule has 1 aliphatic heterocycles. The molecule has 2 aliphatic rings. The first-order valence-corrected chi connectivity index (χ1v) is 7.08. The lowest BCUT2D eigenvalue weighted by molar-refractivity contribution is 0.150. The van der Waals surface area contributed by atoms with Gasteiger partial charge in [0.1, 0.15) is 11.6 Å². The molecular weight excluding hydrogens is 243 g/mol. The first-order valence-electron chi connectivity index (χ1n) is 7.08. The van der Waals surface area contributed by atoms with Crippen molar-refractivity contribution in [2.75, 3.05) is 33.3 Å². The Labute approximate surface area is 113 Å². The standard InChI is InChI=1S/C15H21FN2O/c1-19-13-4-2-3-12(16)14(13)15(11-5-6-11)18-9-7-17-8-10-18/h2-4,11,15,17H,5-10H2,1H3/t15-/m1/s1. The monoisotopic (exact) mass is 264 g/mol. The van der Waals surface area contributed by atoms with Crippen LogP contribution in [0.15, 0.2) is 18.2 Å². The molecule has 1 aromatic rings. The van der Waals surface area contributed by atoms with Gasteiger partial charge in [-0.15, -0.1) is 0 Å². The fraction of sp³-hybridized carbons (Fsp3) is 0.600. The number of ether oxygens (including phenoxy) is 1. The Morgan fingerprint density at radius 2 is 2.05 bits per heavy atom. The fourth-order valence-electron chi connectivity index (χ4n) is 3.07. The Hall–Kier alpha value is -1.13. The number of hydrogen-bond acceptors (Lipinski definition) is 3. The lowest BCUT2D eigenvalue weighted by atomic mass is 9.98. The minimum atomic E-state index is -0.130. The first-order chi connectivity index (χ1) is 9.31. The third-order valence-electron chi connectivity index (χ3n) is 4.14. The van der Waals surface area contributed by atoms with E-state index in [0.29, 0.717) is 11.7 Å². The molecule has 19 heavy (non-hydrogen) atoms. The summed E-state index contributed by atoms with van der Waals surface area (Å²) in [6.07, 6.45) is 2.40.